The van der Waals surface area contributed by atoms with E-state index in [1.165, 1.54) is 12.8 Å². The SMILES string of the molecule is O=C(c1cccc(O)c1)N1CCC2(CCNCC2)CC1. The third kappa shape index (κ3) is 2.66. The fraction of sp³-hybridized carbons (Fsp3) is 0.562. The number of carbonyl (C=O) groups is 1. The van der Waals surface area contributed by atoms with Crippen LogP contribution in [0.15, 0.2) is 24.3 Å². The van der Waals surface area contributed by atoms with Gasteiger partial charge in [0.05, 0.1) is 0 Å². The van der Waals surface area contributed by atoms with Gasteiger partial charge >= 0.3 is 0 Å². The van der Waals surface area contributed by atoms with Crippen LogP contribution in [0.1, 0.15) is 36.0 Å². The minimum atomic E-state index is 0.0460. The van der Waals surface area contributed by atoms with E-state index in [9.17, 15) is 9.90 Å². The number of amides is 1. The number of benzene rings is 1. The average molecular weight is 274 g/mol. The summed E-state index contributed by atoms with van der Waals surface area (Å²) in [7, 11) is 0. The fourth-order valence-electron chi connectivity index (χ4n) is 3.46. The molecule has 2 fully saturated rings. The Kier molecular flexibility index (Phi) is 3.66. The van der Waals surface area contributed by atoms with Crippen molar-refractivity contribution in [2.24, 2.45) is 5.41 Å². The molecule has 2 aliphatic heterocycles. The molecule has 0 atom stereocenters. The Morgan fingerprint density at radius 3 is 2.50 bits per heavy atom. The maximum absolute atomic E-state index is 12.4. The lowest BCUT2D eigenvalue weighted by atomic mass is 9.71. The molecule has 3 rings (SSSR count). The Balaban J connectivity index is 1.64. The second-order valence-electron chi connectivity index (χ2n) is 6.09. The highest BCUT2D eigenvalue weighted by Crippen LogP contribution is 2.39. The Hall–Kier alpha value is -1.55. The number of nitrogens with one attached hydrogen (secondary N) is 1. The average Bonchev–Trinajstić information content (AvgIpc) is 2.48. The van der Waals surface area contributed by atoms with Crippen molar-refractivity contribution >= 4 is 5.91 Å². The molecule has 2 N–H and O–H groups in total. The number of nitrogens with zero attached hydrogens (tertiary/aromatic N) is 1. The van der Waals surface area contributed by atoms with E-state index < -0.39 is 0 Å². The third-order valence-corrected chi connectivity index (χ3v) is 4.87. The van der Waals surface area contributed by atoms with Gasteiger partial charge in [-0.1, -0.05) is 6.07 Å². The zero-order chi connectivity index (χ0) is 14.0. The molecule has 1 aromatic carbocycles. The number of phenols is 1. The smallest absolute Gasteiger partial charge is 0.253 e. The summed E-state index contributed by atoms with van der Waals surface area (Å²) >= 11 is 0. The predicted molar refractivity (Wildman–Crippen MR) is 77.8 cm³/mol. The molecule has 4 nitrogen and oxygen atoms in total. The maximum atomic E-state index is 12.4. The summed E-state index contributed by atoms with van der Waals surface area (Å²) in [6.07, 6.45) is 4.70. The highest BCUT2D eigenvalue weighted by molar-refractivity contribution is 5.94. The number of hydrogen-bond acceptors (Lipinski definition) is 3. The van der Waals surface area contributed by atoms with Crippen LogP contribution in [-0.4, -0.2) is 42.1 Å². The number of hydrogen-bond donors (Lipinski definition) is 2. The van der Waals surface area contributed by atoms with E-state index in [0.717, 1.165) is 39.0 Å². The number of carbonyl (C=O) groups excluding carboxylic acids is 1. The molecule has 0 bridgehead atoms. The standard InChI is InChI=1S/C16H22N2O2/c19-14-3-1-2-13(12-14)15(20)18-10-6-16(7-11-18)4-8-17-9-5-16/h1-3,12,17,19H,4-11H2. The van der Waals surface area contributed by atoms with Crippen LogP contribution in [0.2, 0.25) is 0 Å². The van der Waals surface area contributed by atoms with Gasteiger partial charge in [0.25, 0.3) is 5.91 Å². The number of likely N-dealkylation sites (tertiary alicyclic amines) is 1. The zero-order valence-corrected chi connectivity index (χ0v) is 11.8. The van der Waals surface area contributed by atoms with Gasteiger partial charge in [0.15, 0.2) is 0 Å². The molecule has 2 heterocycles. The van der Waals surface area contributed by atoms with Crippen molar-refractivity contribution in [1.29, 1.82) is 0 Å². The lowest BCUT2D eigenvalue weighted by molar-refractivity contribution is 0.0495. The van der Waals surface area contributed by atoms with Crippen LogP contribution < -0.4 is 5.32 Å². The van der Waals surface area contributed by atoms with Crippen LogP contribution in [0.4, 0.5) is 0 Å². The van der Waals surface area contributed by atoms with Gasteiger partial charge in [0.2, 0.25) is 0 Å². The van der Waals surface area contributed by atoms with Crippen molar-refractivity contribution in [3.63, 3.8) is 0 Å². The summed E-state index contributed by atoms with van der Waals surface area (Å²) in [6, 6.07) is 6.64. The van der Waals surface area contributed by atoms with Gasteiger partial charge in [-0.05, 0) is 62.4 Å². The van der Waals surface area contributed by atoms with E-state index in [1.54, 1.807) is 24.3 Å². The van der Waals surface area contributed by atoms with Gasteiger partial charge in [-0.25, -0.2) is 0 Å². The second kappa shape index (κ2) is 5.44. The Bertz CT molecular complexity index is 485. The summed E-state index contributed by atoms with van der Waals surface area (Å²) in [5.41, 5.74) is 1.05. The molecular formula is C16H22N2O2. The first kappa shape index (κ1) is 13.4. The van der Waals surface area contributed by atoms with Gasteiger partial charge in [-0.15, -0.1) is 0 Å². The molecule has 0 aliphatic carbocycles. The summed E-state index contributed by atoms with van der Waals surface area (Å²) in [5, 5.41) is 12.9. The second-order valence-corrected chi connectivity index (χ2v) is 6.09. The predicted octanol–water partition coefficient (Wildman–Crippen LogP) is 2.00. The Labute approximate surface area is 119 Å². The minimum absolute atomic E-state index is 0.0460. The number of rotatable bonds is 1. The monoisotopic (exact) mass is 274 g/mol. The highest BCUT2D eigenvalue weighted by Gasteiger charge is 2.36. The van der Waals surface area contributed by atoms with Gasteiger partial charge in [0.1, 0.15) is 5.75 Å². The van der Waals surface area contributed by atoms with Crippen molar-refractivity contribution in [2.45, 2.75) is 25.7 Å². The Morgan fingerprint density at radius 2 is 1.85 bits per heavy atom. The van der Waals surface area contributed by atoms with Crippen LogP contribution in [0.3, 0.4) is 0 Å². The first-order valence-electron chi connectivity index (χ1n) is 7.48. The van der Waals surface area contributed by atoms with Crippen molar-refractivity contribution < 1.29 is 9.90 Å². The van der Waals surface area contributed by atoms with Crippen LogP contribution in [0.25, 0.3) is 0 Å². The van der Waals surface area contributed by atoms with Gasteiger partial charge < -0.3 is 15.3 Å². The molecule has 1 spiro atoms. The molecule has 4 heteroatoms. The molecule has 0 aromatic heterocycles. The van der Waals surface area contributed by atoms with Crippen molar-refractivity contribution in [1.82, 2.24) is 10.2 Å². The first-order valence-corrected chi connectivity index (χ1v) is 7.48. The van der Waals surface area contributed by atoms with Crippen LogP contribution in [0, 0.1) is 5.41 Å². The van der Waals surface area contributed by atoms with Crippen LogP contribution in [0.5, 0.6) is 5.75 Å². The third-order valence-electron chi connectivity index (χ3n) is 4.87. The molecule has 2 saturated heterocycles. The van der Waals surface area contributed by atoms with Gasteiger partial charge in [-0.3, -0.25) is 4.79 Å². The molecule has 1 aromatic rings. The van der Waals surface area contributed by atoms with Crippen molar-refractivity contribution in [2.75, 3.05) is 26.2 Å². The van der Waals surface area contributed by atoms with E-state index in [0.29, 0.717) is 11.0 Å². The molecule has 1 amide bonds. The molecule has 20 heavy (non-hydrogen) atoms. The molecule has 0 unspecified atom stereocenters. The lowest BCUT2D eigenvalue weighted by Crippen LogP contribution is -2.47. The number of aromatic hydroxyl groups is 1. The summed E-state index contributed by atoms with van der Waals surface area (Å²) in [5.74, 6) is 0.201. The summed E-state index contributed by atoms with van der Waals surface area (Å²) in [6.45, 7) is 3.91. The van der Waals surface area contributed by atoms with Crippen LogP contribution >= 0.6 is 0 Å². The van der Waals surface area contributed by atoms with E-state index in [-0.39, 0.29) is 11.7 Å². The normalized spacial score (nSPS) is 21.9. The molecule has 0 saturated carbocycles. The van der Waals surface area contributed by atoms with Gasteiger partial charge in [-0.2, -0.15) is 0 Å². The Morgan fingerprint density at radius 1 is 1.15 bits per heavy atom. The topological polar surface area (TPSA) is 52.6 Å². The highest BCUT2D eigenvalue weighted by atomic mass is 16.3. The molecule has 0 radical (unpaired) electrons. The maximum Gasteiger partial charge on any atom is 0.253 e. The van der Waals surface area contributed by atoms with Gasteiger partial charge in [0, 0.05) is 18.7 Å². The molecular weight excluding hydrogens is 252 g/mol. The minimum Gasteiger partial charge on any atom is -0.508 e. The lowest BCUT2D eigenvalue weighted by Gasteiger charge is -2.44. The van der Waals surface area contributed by atoms with Crippen LogP contribution in [-0.2, 0) is 0 Å². The fourth-order valence-corrected chi connectivity index (χ4v) is 3.46. The first-order chi connectivity index (χ1) is 9.69. The molecule has 2 aliphatic rings. The largest absolute Gasteiger partial charge is 0.508 e. The van der Waals surface area contributed by atoms with E-state index in [2.05, 4.69) is 5.32 Å². The van der Waals surface area contributed by atoms with E-state index >= 15 is 0 Å². The molecule has 108 valence electrons. The summed E-state index contributed by atoms with van der Waals surface area (Å²) in [4.78, 5) is 14.4. The summed E-state index contributed by atoms with van der Waals surface area (Å²) < 4.78 is 0. The zero-order valence-electron chi connectivity index (χ0n) is 11.8. The van der Waals surface area contributed by atoms with E-state index in [1.807, 2.05) is 4.90 Å². The van der Waals surface area contributed by atoms with E-state index in [4.69, 9.17) is 0 Å². The van der Waals surface area contributed by atoms with Crippen molar-refractivity contribution in [3.05, 3.63) is 29.8 Å². The number of phenolic OH excluding ortho intramolecular Hbond substituents is 1. The quantitative estimate of drug-likeness (QED) is 0.823. The van der Waals surface area contributed by atoms with Crippen molar-refractivity contribution in [3.8, 4) is 5.75 Å². The number of piperidine rings is 2.